The predicted molar refractivity (Wildman–Crippen MR) is 119 cm³/mol. The first kappa shape index (κ1) is 24.8. The van der Waals surface area contributed by atoms with Crippen LogP contribution in [0.15, 0.2) is 48.7 Å². The van der Waals surface area contributed by atoms with E-state index in [1.54, 1.807) is 0 Å². The molecule has 6 atom stereocenters. The molecule has 0 radical (unpaired) electrons. The van der Waals surface area contributed by atoms with E-state index in [1.165, 1.54) is 6.20 Å². The summed E-state index contributed by atoms with van der Waals surface area (Å²) in [5.41, 5.74) is 0.904. The molecule has 4 N–H and O–H groups in total. The smallest absolute Gasteiger partial charge is 0.213 e. The highest BCUT2D eigenvalue weighted by Gasteiger charge is 2.61. The number of halogens is 3. The SMILES string of the molecule is OC[C@H]1O[C@]2(OCC[C@H]2NCc2ccccc2)[C@H](O)[C@@H](n2cc(-c3cc(F)c(F)c(F)c3)nn2)[C@H]1O. The fourth-order valence-electron chi connectivity index (χ4n) is 4.85. The number of benzene rings is 2. The van der Waals surface area contributed by atoms with Gasteiger partial charge in [-0.05, 0) is 24.1 Å². The minimum Gasteiger partial charge on any atom is -0.394 e. The van der Waals surface area contributed by atoms with Crippen LogP contribution in [0.25, 0.3) is 11.3 Å². The van der Waals surface area contributed by atoms with Gasteiger partial charge in [0.05, 0.1) is 25.5 Å². The Morgan fingerprint density at radius 1 is 1.11 bits per heavy atom. The van der Waals surface area contributed by atoms with E-state index in [4.69, 9.17) is 9.47 Å². The topological polar surface area (TPSA) is 122 Å². The highest BCUT2D eigenvalue weighted by molar-refractivity contribution is 5.58. The average Bonchev–Trinajstić information content (AvgIpc) is 3.52. The summed E-state index contributed by atoms with van der Waals surface area (Å²) in [5.74, 6) is -6.01. The minimum atomic E-state index is -1.62. The second-order valence-electron chi connectivity index (χ2n) is 8.88. The molecule has 9 nitrogen and oxygen atoms in total. The Hall–Kier alpha value is -2.87. The van der Waals surface area contributed by atoms with Gasteiger partial charge < -0.3 is 30.1 Å². The molecule has 5 rings (SSSR count). The minimum absolute atomic E-state index is 0.0145. The molecule has 0 aliphatic carbocycles. The van der Waals surface area contributed by atoms with Gasteiger partial charge in [0.25, 0.3) is 0 Å². The van der Waals surface area contributed by atoms with Crippen molar-refractivity contribution in [2.24, 2.45) is 0 Å². The number of hydrogen-bond acceptors (Lipinski definition) is 8. The monoisotopic (exact) mass is 506 g/mol. The molecule has 192 valence electrons. The first-order chi connectivity index (χ1) is 17.3. The van der Waals surface area contributed by atoms with E-state index in [2.05, 4.69) is 15.6 Å². The number of nitrogens with zero attached hydrogens (tertiary/aromatic N) is 3. The summed E-state index contributed by atoms with van der Waals surface area (Å²) in [6.07, 6.45) is -2.28. The summed E-state index contributed by atoms with van der Waals surface area (Å²) in [5, 5.41) is 43.4. The molecule has 2 aromatic carbocycles. The van der Waals surface area contributed by atoms with Crippen LogP contribution >= 0.6 is 0 Å². The summed E-state index contributed by atoms with van der Waals surface area (Å²) < 4.78 is 53.8. The van der Waals surface area contributed by atoms with Gasteiger partial charge in [-0.1, -0.05) is 35.5 Å². The fraction of sp³-hybridized carbons (Fsp3) is 0.417. The van der Waals surface area contributed by atoms with E-state index < -0.39 is 60.2 Å². The highest BCUT2D eigenvalue weighted by atomic mass is 19.2. The van der Waals surface area contributed by atoms with Gasteiger partial charge in [0.2, 0.25) is 5.79 Å². The Labute approximate surface area is 204 Å². The molecule has 2 saturated heterocycles. The Morgan fingerprint density at radius 3 is 2.53 bits per heavy atom. The van der Waals surface area contributed by atoms with E-state index in [0.29, 0.717) is 13.0 Å². The van der Waals surface area contributed by atoms with Gasteiger partial charge in [0, 0.05) is 12.1 Å². The van der Waals surface area contributed by atoms with Crippen molar-refractivity contribution in [3.63, 3.8) is 0 Å². The first-order valence-corrected chi connectivity index (χ1v) is 11.5. The van der Waals surface area contributed by atoms with E-state index in [-0.39, 0.29) is 17.9 Å². The van der Waals surface area contributed by atoms with Crippen LogP contribution in [-0.2, 0) is 16.0 Å². The molecule has 0 unspecified atom stereocenters. The summed E-state index contributed by atoms with van der Waals surface area (Å²) in [6.45, 7) is 0.136. The van der Waals surface area contributed by atoms with E-state index in [9.17, 15) is 28.5 Å². The molecule has 2 aliphatic rings. The number of nitrogens with one attached hydrogen (secondary N) is 1. The van der Waals surface area contributed by atoms with Gasteiger partial charge in [0.1, 0.15) is 30.0 Å². The standard InChI is InChI=1S/C24H25F3N4O5/c25-15-8-14(9-16(26)20(15)27)17-11-31(30-29-17)21-22(33)18(12-32)36-24(23(21)34)19(6-7-35-24)28-10-13-4-2-1-3-5-13/h1-5,8-9,11,18-19,21-23,28,32-34H,6-7,10,12H2/t18-,19-,21+,22+,23-,24+/m1/s1. The average molecular weight is 506 g/mol. The van der Waals surface area contributed by atoms with Crippen LogP contribution in [-0.4, -0.2) is 73.7 Å². The van der Waals surface area contributed by atoms with Crippen molar-refractivity contribution >= 4 is 0 Å². The predicted octanol–water partition coefficient (Wildman–Crippen LogP) is 1.29. The second-order valence-corrected chi connectivity index (χ2v) is 8.88. The number of hydrogen-bond donors (Lipinski definition) is 4. The largest absolute Gasteiger partial charge is 0.394 e. The third-order valence-electron chi connectivity index (χ3n) is 6.69. The van der Waals surface area contributed by atoms with Crippen molar-refractivity contribution < 1.29 is 38.0 Å². The molecule has 2 aliphatic heterocycles. The molecular weight excluding hydrogens is 481 g/mol. The van der Waals surface area contributed by atoms with Crippen molar-refractivity contribution in [2.75, 3.05) is 13.2 Å². The van der Waals surface area contributed by atoms with Crippen molar-refractivity contribution in [2.45, 2.75) is 49.1 Å². The van der Waals surface area contributed by atoms with Crippen molar-refractivity contribution in [3.05, 3.63) is 71.7 Å². The summed E-state index contributed by atoms with van der Waals surface area (Å²) >= 11 is 0. The summed E-state index contributed by atoms with van der Waals surface area (Å²) in [4.78, 5) is 0. The number of aromatic nitrogens is 3. The maximum Gasteiger partial charge on any atom is 0.213 e. The van der Waals surface area contributed by atoms with Crippen molar-refractivity contribution in [3.8, 4) is 11.3 Å². The number of ether oxygens (including phenoxy) is 2. The maximum absolute atomic E-state index is 13.7. The van der Waals surface area contributed by atoms with Gasteiger partial charge in [0.15, 0.2) is 17.5 Å². The van der Waals surface area contributed by atoms with Crippen LogP contribution in [0.5, 0.6) is 0 Å². The molecular formula is C24H25F3N4O5. The first-order valence-electron chi connectivity index (χ1n) is 11.5. The van der Waals surface area contributed by atoms with Crippen LogP contribution in [0.4, 0.5) is 13.2 Å². The zero-order valence-corrected chi connectivity index (χ0v) is 19.0. The third-order valence-corrected chi connectivity index (χ3v) is 6.69. The Morgan fingerprint density at radius 2 is 1.83 bits per heavy atom. The van der Waals surface area contributed by atoms with Gasteiger partial charge >= 0.3 is 0 Å². The fourth-order valence-corrected chi connectivity index (χ4v) is 4.85. The van der Waals surface area contributed by atoms with E-state index >= 15 is 0 Å². The normalized spacial score (nSPS) is 30.2. The lowest BCUT2D eigenvalue weighted by Gasteiger charge is -2.49. The van der Waals surface area contributed by atoms with Crippen LogP contribution in [0.1, 0.15) is 18.0 Å². The Bertz CT molecular complexity index is 1190. The number of rotatable bonds is 6. The van der Waals surface area contributed by atoms with Crippen LogP contribution in [0.3, 0.4) is 0 Å². The zero-order valence-electron chi connectivity index (χ0n) is 19.0. The lowest BCUT2D eigenvalue weighted by atomic mass is 9.86. The zero-order chi connectivity index (χ0) is 25.4. The lowest BCUT2D eigenvalue weighted by Crippen LogP contribution is -2.68. The Kier molecular flexibility index (Phi) is 6.81. The summed E-state index contributed by atoms with van der Waals surface area (Å²) in [6, 6.07) is 9.43. The third kappa shape index (κ3) is 4.29. The maximum atomic E-state index is 13.7. The number of aliphatic hydroxyl groups is 3. The van der Waals surface area contributed by atoms with Gasteiger partial charge in [-0.25, -0.2) is 17.9 Å². The summed E-state index contributed by atoms with van der Waals surface area (Å²) in [7, 11) is 0. The van der Waals surface area contributed by atoms with Crippen molar-refractivity contribution in [1.82, 2.24) is 20.3 Å². The second kappa shape index (κ2) is 9.88. The lowest BCUT2D eigenvalue weighted by molar-refractivity contribution is -0.345. The van der Waals surface area contributed by atoms with E-state index in [0.717, 1.165) is 22.4 Å². The van der Waals surface area contributed by atoms with E-state index in [1.807, 2.05) is 30.3 Å². The molecule has 1 spiro atoms. The van der Waals surface area contributed by atoms with Gasteiger partial charge in [-0.2, -0.15) is 0 Å². The molecule has 2 fully saturated rings. The quantitative estimate of drug-likeness (QED) is 0.369. The molecule has 0 amide bonds. The molecule has 3 heterocycles. The van der Waals surface area contributed by atoms with Gasteiger partial charge in [-0.3, -0.25) is 0 Å². The molecule has 36 heavy (non-hydrogen) atoms. The van der Waals surface area contributed by atoms with Crippen LogP contribution in [0, 0.1) is 17.5 Å². The van der Waals surface area contributed by atoms with Crippen LogP contribution in [0.2, 0.25) is 0 Å². The van der Waals surface area contributed by atoms with Gasteiger partial charge in [-0.15, -0.1) is 5.10 Å². The molecule has 12 heteroatoms. The van der Waals surface area contributed by atoms with Crippen LogP contribution < -0.4 is 5.32 Å². The molecule has 3 aromatic rings. The number of aliphatic hydroxyl groups excluding tert-OH is 3. The molecule has 0 saturated carbocycles. The molecule has 0 bridgehead atoms. The molecule has 1 aromatic heterocycles. The Balaban J connectivity index is 1.45. The highest BCUT2D eigenvalue weighted by Crippen LogP contribution is 2.43. The van der Waals surface area contributed by atoms with Crippen molar-refractivity contribution in [1.29, 1.82) is 0 Å².